The molecule has 0 bridgehead atoms. The largest absolute Gasteiger partial charge is 0.497 e. The number of sulfonamides is 1. The van der Waals surface area contributed by atoms with Gasteiger partial charge in [0.25, 0.3) is 0 Å². The second-order valence-corrected chi connectivity index (χ2v) is 9.30. The quantitative estimate of drug-likeness (QED) is 0.727. The summed E-state index contributed by atoms with van der Waals surface area (Å²) in [5.74, 6) is 1.13. The molecule has 1 amide bonds. The van der Waals surface area contributed by atoms with Crippen LogP contribution in [-0.2, 0) is 14.8 Å². The lowest BCUT2D eigenvalue weighted by Crippen LogP contribution is -2.43. The normalized spacial score (nSPS) is 16.6. The van der Waals surface area contributed by atoms with Gasteiger partial charge in [0.1, 0.15) is 11.5 Å². The first kappa shape index (κ1) is 22.1. The van der Waals surface area contributed by atoms with Crippen LogP contribution in [-0.4, -0.2) is 45.9 Å². The Bertz CT molecular complexity index is 950. The molecule has 30 heavy (non-hydrogen) atoms. The van der Waals surface area contributed by atoms with Crippen LogP contribution in [0.4, 0.5) is 0 Å². The average Bonchev–Trinajstić information content (AvgIpc) is 2.79. The minimum absolute atomic E-state index is 0.0418. The molecule has 1 aliphatic heterocycles. The van der Waals surface area contributed by atoms with Crippen LogP contribution in [0.3, 0.4) is 0 Å². The van der Waals surface area contributed by atoms with E-state index in [0.717, 1.165) is 11.3 Å². The first-order chi connectivity index (χ1) is 14.3. The van der Waals surface area contributed by atoms with Crippen molar-refractivity contribution in [3.8, 4) is 11.5 Å². The lowest BCUT2D eigenvalue weighted by Gasteiger charge is -2.31. The van der Waals surface area contributed by atoms with Gasteiger partial charge >= 0.3 is 0 Å². The van der Waals surface area contributed by atoms with E-state index in [-0.39, 0.29) is 22.8 Å². The van der Waals surface area contributed by atoms with Crippen LogP contribution in [0.2, 0.25) is 0 Å². The molecule has 1 aliphatic rings. The molecule has 0 aliphatic carbocycles. The summed E-state index contributed by atoms with van der Waals surface area (Å²) in [6.45, 7) is 2.58. The summed E-state index contributed by atoms with van der Waals surface area (Å²) in [7, 11) is -0.426. The second kappa shape index (κ2) is 9.49. The monoisotopic (exact) mass is 432 g/mol. The van der Waals surface area contributed by atoms with Gasteiger partial charge in [-0.2, -0.15) is 4.31 Å². The Kier molecular flexibility index (Phi) is 6.99. The van der Waals surface area contributed by atoms with E-state index in [1.165, 1.54) is 11.4 Å². The van der Waals surface area contributed by atoms with E-state index in [0.29, 0.717) is 31.7 Å². The van der Waals surface area contributed by atoms with Crippen molar-refractivity contribution >= 4 is 15.9 Å². The number of amides is 1. The number of hydrogen-bond acceptors (Lipinski definition) is 5. The fourth-order valence-corrected chi connectivity index (χ4v) is 5.03. The van der Waals surface area contributed by atoms with E-state index in [1.807, 2.05) is 31.2 Å². The average molecular weight is 433 g/mol. The van der Waals surface area contributed by atoms with Crippen molar-refractivity contribution in [1.82, 2.24) is 9.62 Å². The van der Waals surface area contributed by atoms with Crippen molar-refractivity contribution in [3.63, 3.8) is 0 Å². The maximum absolute atomic E-state index is 12.9. The highest BCUT2D eigenvalue weighted by Crippen LogP contribution is 2.26. The number of hydrogen-bond donors (Lipinski definition) is 1. The van der Waals surface area contributed by atoms with Gasteiger partial charge in [0.05, 0.1) is 25.2 Å². The first-order valence-corrected chi connectivity index (χ1v) is 11.4. The van der Waals surface area contributed by atoms with Gasteiger partial charge in [-0.15, -0.1) is 0 Å². The van der Waals surface area contributed by atoms with E-state index in [4.69, 9.17) is 9.47 Å². The van der Waals surface area contributed by atoms with Crippen LogP contribution in [0.25, 0.3) is 0 Å². The van der Waals surface area contributed by atoms with E-state index >= 15 is 0 Å². The molecule has 1 N–H and O–H groups in total. The smallest absolute Gasteiger partial charge is 0.243 e. The fourth-order valence-electron chi connectivity index (χ4n) is 3.56. The second-order valence-electron chi connectivity index (χ2n) is 7.36. The Balaban J connectivity index is 1.56. The van der Waals surface area contributed by atoms with Crippen LogP contribution < -0.4 is 14.8 Å². The van der Waals surface area contributed by atoms with Crippen molar-refractivity contribution < 1.29 is 22.7 Å². The Morgan fingerprint density at radius 3 is 1.97 bits per heavy atom. The topological polar surface area (TPSA) is 84.9 Å². The molecule has 1 fully saturated rings. The summed E-state index contributed by atoms with van der Waals surface area (Å²) in [6, 6.07) is 13.8. The third-order valence-corrected chi connectivity index (χ3v) is 7.41. The van der Waals surface area contributed by atoms with Gasteiger partial charge in [-0.1, -0.05) is 12.1 Å². The molecular formula is C22H28N2O5S. The number of nitrogens with zero attached hydrogens (tertiary/aromatic N) is 1. The Morgan fingerprint density at radius 2 is 1.47 bits per heavy atom. The zero-order valence-corrected chi connectivity index (χ0v) is 18.3. The number of piperidine rings is 1. The molecule has 0 saturated carbocycles. The molecule has 1 saturated heterocycles. The first-order valence-electron chi connectivity index (χ1n) is 9.93. The molecule has 0 spiro atoms. The number of ether oxygens (including phenoxy) is 2. The maximum atomic E-state index is 12.9. The summed E-state index contributed by atoms with van der Waals surface area (Å²) >= 11 is 0. The molecular weight excluding hydrogens is 404 g/mol. The van der Waals surface area contributed by atoms with Gasteiger partial charge in [-0.05, 0) is 61.7 Å². The summed E-state index contributed by atoms with van der Waals surface area (Å²) < 4.78 is 37.4. The van der Waals surface area contributed by atoms with Crippen molar-refractivity contribution in [2.24, 2.45) is 5.92 Å². The number of carbonyl (C=O) groups excluding carboxylic acids is 1. The zero-order valence-electron chi connectivity index (χ0n) is 17.5. The summed E-state index contributed by atoms with van der Waals surface area (Å²) in [4.78, 5) is 12.9. The van der Waals surface area contributed by atoms with E-state index in [9.17, 15) is 13.2 Å². The zero-order chi connectivity index (χ0) is 21.7. The molecule has 7 nitrogen and oxygen atoms in total. The molecule has 1 heterocycles. The highest BCUT2D eigenvalue weighted by Gasteiger charge is 2.32. The maximum Gasteiger partial charge on any atom is 0.243 e. The number of methoxy groups -OCH3 is 2. The highest BCUT2D eigenvalue weighted by atomic mass is 32.2. The van der Waals surface area contributed by atoms with Gasteiger partial charge in [0.15, 0.2) is 0 Å². The minimum atomic E-state index is -3.57. The van der Waals surface area contributed by atoms with Gasteiger partial charge in [0.2, 0.25) is 15.9 Å². The number of benzene rings is 2. The number of nitrogens with one attached hydrogen (secondary N) is 1. The molecule has 0 radical (unpaired) electrons. The summed E-state index contributed by atoms with van der Waals surface area (Å²) in [6.07, 6.45) is 0.993. The fraction of sp³-hybridized carbons (Fsp3) is 0.409. The van der Waals surface area contributed by atoms with Gasteiger partial charge in [-0.25, -0.2) is 8.42 Å². The molecule has 3 rings (SSSR count). The number of carbonyl (C=O) groups is 1. The molecule has 0 aromatic heterocycles. The molecule has 2 aromatic carbocycles. The van der Waals surface area contributed by atoms with Crippen LogP contribution in [0.5, 0.6) is 11.5 Å². The van der Waals surface area contributed by atoms with Crippen LogP contribution in [0.1, 0.15) is 31.4 Å². The molecule has 8 heteroatoms. The van der Waals surface area contributed by atoms with Crippen molar-refractivity contribution in [2.75, 3.05) is 27.3 Å². The van der Waals surface area contributed by atoms with Crippen LogP contribution in [0, 0.1) is 5.92 Å². The Hall–Kier alpha value is -2.58. The highest BCUT2D eigenvalue weighted by molar-refractivity contribution is 7.89. The van der Waals surface area contributed by atoms with Crippen LogP contribution in [0.15, 0.2) is 53.4 Å². The molecule has 162 valence electrons. The molecule has 2 aromatic rings. The van der Waals surface area contributed by atoms with E-state index in [1.54, 1.807) is 31.4 Å². The minimum Gasteiger partial charge on any atom is -0.497 e. The third-order valence-electron chi connectivity index (χ3n) is 5.50. The lowest BCUT2D eigenvalue weighted by atomic mass is 9.96. The van der Waals surface area contributed by atoms with E-state index in [2.05, 4.69) is 5.32 Å². The summed E-state index contributed by atoms with van der Waals surface area (Å²) in [5.41, 5.74) is 0.990. The van der Waals surface area contributed by atoms with Crippen LogP contribution >= 0.6 is 0 Å². The van der Waals surface area contributed by atoms with Gasteiger partial charge in [-0.3, -0.25) is 4.79 Å². The summed E-state index contributed by atoms with van der Waals surface area (Å²) in [5, 5.41) is 3.04. The Labute approximate surface area is 178 Å². The predicted octanol–water partition coefficient (Wildman–Crippen LogP) is 2.98. The van der Waals surface area contributed by atoms with Gasteiger partial charge < -0.3 is 14.8 Å². The van der Waals surface area contributed by atoms with Gasteiger partial charge in [0, 0.05) is 19.0 Å². The van der Waals surface area contributed by atoms with Crippen molar-refractivity contribution in [1.29, 1.82) is 0 Å². The lowest BCUT2D eigenvalue weighted by molar-refractivity contribution is -0.126. The third kappa shape index (κ3) is 4.94. The molecule has 1 atom stereocenters. The van der Waals surface area contributed by atoms with Crippen molar-refractivity contribution in [3.05, 3.63) is 54.1 Å². The standard InChI is InChI=1S/C22H28N2O5S/c1-16(17-4-6-19(28-2)7-5-17)23-22(25)18-12-14-24(15-13-18)30(26,27)21-10-8-20(29-3)9-11-21/h4-11,16,18H,12-15H2,1-3H3,(H,23,25)/t16-/m1/s1. The number of rotatable bonds is 7. The SMILES string of the molecule is COc1ccc([C@@H](C)NC(=O)C2CCN(S(=O)(=O)c3ccc(OC)cc3)CC2)cc1. The Morgan fingerprint density at radius 1 is 0.967 bits per heavy atom. The predicted molar refractivity (Wildman–Crippen MR) is 114 cm³/mol. The molecule has 0 unspecified atom stereocenters. The van der Waals surface area contributed by atoms with E-state index < -0.39 is 10.0 Å². The van der Waals surface area contributed by atoms with Crippen molar-refractivity contribution in [2.45, 2.75) is 30.7 Å².